The second-order valence-corrected chi connectivity index (χ2v) is 6.28. The molecule has 1 aliphatic heterocycles. The van der Waals surface area contributed by atoms with Crippen LogP contribution in [0.15, 0.2) is 18.3 Å². The van der Waals surface area contributed by atoms with Crippen molar-refractivity contribution in [3.63, 3.8) is 0 Å². The average Bonchev–Trinajstić information content (AvgIpc) is 2.85. The molecule has 0 radical (unpaired) electrons. The van der Waals surface area contributed by atoms with Gasteiger partial charge in [-0.05, 0) is 25.3 Å². The number of pyridine rings is 1. The van der Waals surface area contributed by atoms with Crippen molar-refractivity contribution in [1.82, 2.24) is 4.98 Å². The molecule has 0 N–H and O–H groups in total. The van der Waals surface area contributed by atoms with Gasteiger partial charge in [-0.15, -0.1) is 0 Å². The van der Waals surface area contributed by atoms with Crippen molar-refractivity contribution >= 4 is 17.4 Å². The van der Waals surface area contributed by atoms with Crippen LogP contribution in [-0.4, -0.2) is 36.0 Å². The summed E-state index contributed by atoms with van der Waals surface area (Å²) >= 11 is 0. The zero-order valence-corrected chi connectivity index (χ0v) is 12.9. The lowest BCUT2D eigenvalue weighted by atomic mass is 9.72. The Hall–Kier alpha value is -2.12. The van der Waals surface area contributed by atoms with E-state index in [0.29, 0.717) is 44.3 Å². The quantitative estimate of drug-likeness (QED) is 0.847. The van der Waals surface area contributed by atoms with Gasteiger partial charge >= 0.3 is 6.18 Å². The Kier molecular flexibility index (Phi) is 4.23. The summed E-state index contributed by atoms with van der Waals surface area (Å²) in [6.07, 6.45) is -0.384. The third kappa shape index (κ3) is 3.37. The fourth-order valence-electron chi connectivity index (χ4n) is 3.31. The van der Waals surface area contributed by atoms with Crippen molar-refractivity contribution < 1.29 is 27.5 Å². The fourth-order valence-corrected chi connectivity index (χ4v) is 3.31. The molecular formula is C16H17F3N2O3. The average molecular weight is 342 g/mol. The predicted molar refractivity (Wildman–Crippen MR) is 78.7 cm³/mol. The van der Waals surface area contributed by atoms with E-state index in [2.05, 4.69) is 9.72 Å². The minimum Gasteiger partial charge on any atom is -0.468 e. The highest BCUT2D eigenvalue weighted by Gasteiger charge is 2.48. The van der Waals surface area contributed by atoms with Crippen molar-refractivity contribution in [1.29, 1.82) is 0 Å². The maximum absolute atomic E-state index is 12.7. The van der Waals surface area contributed by atoms with E-state index in [-0.39, 0.29) is 17.6 Å². The van der Waals surface area contributed by atoms with Crippen LogP contribution in [0.4, 0.5) is 18.9 Å². The lowest BCUT2D eigenvalue weighted by Crippen LogP contribution is -2.37. The predicted octanol–water partition coefficient (Wildman–Crippen LogP) is 2.89. The lowest BCUT2D eigenvalue weighted by molar-refractivity contribution is -0.154. The van der Waals surface area contributed by atoms with E-state index in [1.165, 1.54) is 18.3 Å². The third-order valence-corrected chi connectivity index (χ3v) is 4.69. The Morgan fingerprint density at radius 3 is 2.46 bits per heavy atom. The Labute approximate surface area is 136 Å². The summed E-state index contributed by atoms with van der Waals surface area (Å²) in [5.74, 6) is 0.0289. The molecule has 24 heavy (non-hydrogen) atoms. The first-order valence-electron chi connectivity index (χ1n) is 7.78. The van der Waals surface area contributed by atoms with E-state index in [1.54, 1.807) is 4.90 Å². The normalized spacial score (nSPS) is 20.7. The third-order valence-electron chi connectivity index (χ3n) is 4.69. The van der Waals surface area contributed by atoms with Gasteiger partial charge in [-0.1, -0.05) is 0 Å². The van der Waals surface area contributed by atoms with Crippen LogP contribution in [0.5, 0.6) is 5.88 Å². The lowest BCUT2D eigenvalue weighted by Gasteiger charge is -2.30. The van der Waals surface area contributed by atoms with Crippen molar-refractivity contribution in [2.45, 2.75) is 38.3 Å². The van der Waals surface area contributed by atoms with Gasteiger partial charge in [0.2, 0.25) is 11.8 Å². The SMILES string of the molecule is O=C1CCC2(CC1)CCN(c1ccc(OCC(F)(F)F)nc1)C2=O. The van der Waals surface area contributed by atoms with Gasteiger partial charge in [0.25, 0.3) is 0 Å². The van der Waals surface area contributed by atoms with Crippen LogP contribution >= 0.6 is 0 Å². The maximum atomic E-state index is 12.7. The van der Waals surface area contributed by atoms with Crippen molar-refractivity contribution in [2.24, 2.45) is 5.41 Å². The summed E-state index contributed by atoms with van der Waals surface area (Å²) < 4.78 is 40.9. The summed E-state index contributed by atoms with van der Waals surface area (Å²) in [5.41, 5.74) is 0.0625. The molecule has 1 saturated heterocycles. The summed E-state index contributed by atoms with van der Waals surface area (Å²) in [6.45, 7) is -0.878. The van der Waals surface area contributed by atoms with Crippen LogP contribution < -0.4 is 9.64 Å². The molecule has 2 heterocycles. The van der Waals surface area contributed by atoms with Crippen LogP contribution in [-0.2, 0) is 9.59 Å². The van der Waals surface area contributed by atoms with E-state index < -0.39 is 18.2 Å². The molecule has 0 bridgehead atoms. The highest BCUT2D eigenvalue weighted by atomic mass is 19.4. The van der Waals surface area contributed by atoms with Crippen LogP contribution in [0.1, 0.15) is 32.1 Å². The number of halogens is 3. The highest BCUT2D eigenvalue weighted by Crippen LogP contribution is 2.45. The number of ether oxygens (including phenoxy) is 1. The molecular weight excluding hydrogens is 325 g/mol. The monoisotopic (exact) mass is 342 g/mol. The minimum absolute atomic E-state index is 0.0271. The number of carbonyl (C=O) groups is 2. The second-order valence-electron chi connectivity index (χ2n) is 6.28. The standard InChI is InChI=1S/C16H17F3N2O3/c17-16(18,19)10-24-13-2-1-11(9-20-13)21-8-7-15(14(21)23)5-3-12(22)4-6-15/h1-2,9H,3-8,10H2. The molecule has 2 fully saturated rings. The number of nitrogens with zero attached hydrogens (tertiary/aromatic N) is 2. The van der Waals surface area contributed by atoms with Crippen LogP contribution in [0, 0.1) is 5.41 Å². The number of ketones is 1. The smallest absolute Gasteiger partial charge is 0.422 e. The maximum Gasteiger partial charge on any atom is 0.422 e. The second kappa shape index (κ2) is 6.07. The Bertz CT molecular complexity index is 633. The van der Waals surface area contributed by atoms with Crippen LogP contribution in [0.2, 0.25) is 0 Å². The summed E-state index contributed by atoms with van der Waals surface area (Å²) in [4.78, 5) is 29.6. The zero-order valence-electron chi connectivity index (χ0n) is 12.9. The molecule has 2 aliphatic rings. The number of amides is 1. The molecule has 0 atom stereocenters. The van der Waals surface area contributed by atoms with Crippen molar-refractivity contribution in [2.75, 3.05) is 18.1 Å². The number of Topliss-reactive ketones (excluding diaryl/α,β-unsaturated/α-hetero) is 1. The molecule has 1 amide bonds. The van der Waals surface area contributed by atoms with Gasteiger partial charge in [-0.3, -0.25) is 9.59 Å². The van der Waals surface area contributed by atoms with E-state index in [4.69, 9.17) is 0 Å². The van der Waals surface area contributed by atoms with Gasteiger partial charge in [0, 0.05) is 25.5 Å². The molecule has 1 saturated carbocycles. The van der Waals surface area contributed by atoms with E-state index in [1.807, 2.05) is 0 Å². The topological polar surface area (TPSA) is 59.5 Å². The van der Waals surface area contributed by atoms with Crippen LogP contribution in [0.3, 0.4) is 0 Å². The molecule has 1 aromatic heterocycles. The summed E-state index contributed by atoms with van der Waals surface area (Å²) in [5, 5.41) is 0. The van der Waals surface area contributed by atoms with Crippen molar-refractivity contribution in [3.05, 3.63) is 18.3 Å². The minimum atomic E-state index is -4.42. The molecule has 0 aromatic carbocycles. The van der Waals surface area contributed by atoms with Gasteiger partial charge in [0.05, 0.1) is 17.3 Å². The molecule has 0 unspecified atom stereocenters. The molecule has 1 aromatic rings. The van der Waals surface area contributed by atoms with E-state index in [9.17, 15) is 22.8 Å². The molecule has 130 valence electrons. The number of rotatable bonds is 3. The first kappa shape index (κ1) is 16.7. The van der Waals surface area contributed by atoms with E-state index >= 15 is 0 Å². The zero-order chi connectivity index (χ0) is 17.4. The van der Waals surface area contributed by atoms with Gasteiger partial charge in [0.15, 0.2) is 6.61 Å². The molecule has 8 heteroatoms. The number of carbonyl (C=O) groups excluding carboxylic acids is 2. The van der Waals surface area contributed by atoms with E-state index in [0.717, 1.165) is 0 Å². The molecule has 5 nitrogen and oxygen atoms in total. The molecule has 1 spiro atoms. The number of hydrogen-bond donors (Lipinski definition) is 0. The van der Waals surface area contributed by atoms with Gasteiger partial charge in [-0.25, -0.2) is 4.98 Å². The molecule has 3 rings (SSSR count). The summed E-state index contributed by atoms with van der Waals surface area (Å²) in [7, 11) is 0. The van der Waals surface area contributed by atoms with Crippen LogP contribution in [0.25, 0.3) is 0 Å². The number of alkyl halides is 3. The van der Waals surface area contributed by atoms with Gasteiger partial charge < -0.3 is 9.64 Å². The van der Waals surface area contributed by atoms with Gasteiger partial charge in [-0.2, -0.15) is 13.2 Å². The van der Waals surface area contributed by atoms with Crippen molar-refractivity contribution in [3.8, 4) is 5.88 Å². The molecule has 1 aliphatic carbocycles. The number of aromatic nitrogens is 1. The Morgan fingerprint density at radius 2 is 1.88 bits per heavy atom. The Morgan fingerprint density at radius 1 is 1.17 bits per heavy atom. The fraction of sp³-hybridized carbons (Fsp3) is 0.562. The number of anilines is 1. The summed E-state index contributed by atoms with van der Waals surface area (Å²) in [6, 6.07) is 2.85. The van der Waals surface area contributed by atoms with Gasteiger partial charge in [0.1, 0.15) is 5.78 Å². The first-order chi connectivity index (χ1) is 11.3. The highest BCUT2D eigenvalue weighted by molar-refractivity contribution is 6.00. The first-order valence-corrected chi connectivity index (χ1v) is 7.78. The largest absolute Gasteiger partial charge is 0.468 e. The Balaban J connectivity index is 1.67. The number of hydrogen-bond acceptors (Lipinski definition) is 4.